The number of aliphatic hydroxyl groups is 1. The Balaban J connectivity index is 2.49. The second-order valence-corrected chi connectivity index (χ2v) is 4.64. The van der Waals surface area contributed by atoms with E-state index in [1.54, 1.807) is 19.1 Å². The lowest BCUT2D eigenvalue weighted by Gasteiger charge is -2.12. The van der Waals surface area contributed by atoms with E-state index in [2.05, 4.69) is 0 Å². The van der Waals surface area contributed by atoms with Crippen LogP contribution in [0.1, 0.15) is 17.3 Å². The summed E-state index contributed by atoms with van der Waals surface area (Å²) in [7, 11) is 0. The van der Waals surface area contributed by atoms with Crippen LogP contribution in [0.4, 0.5) is 0 Å². The van der Waals surface area contributed by atoms with Crippen LogP contribution in [0.5, 0.6) is 5.75 Å². The van der Waals surface area contributed by atoms with E-state index in [0.717, 1.165) is 10.8 Å². The Labute approximate surface area is 116 Å². The topological polar surface area (TPSA) is 46.5 Å². The van der Waals surface area contributed by atoms with Crippen molar-refractivity contribution in [2.24, 2.45) is 0 Å². The van der Waals surface area contributed by atoms with Crippen molar-refractivity contribution in [3.63, 3.8) is 0 Å². The Hall–Kier alpha value is -1.58. The van der Waals surface area contributed by atoms with Crippen molar-refractivity contribution < 1.29 is 14.6 Å². The molecule has 0 aromatic heterocycles. The third-order valence-electron chi connectivity index (χ3n) is 2.79. The van der Waals surface area contributed by atoms with Gasteiger partial charge >= 0.3 is 0 Å². The predicted molar refractivity (Wildman–Crippen MR) is 76.2 cm³/mol. The minimum atomic E-state index is -0.539. The highest BCUT2D eigenvalue weighted by Gasteiger charge is 2.12. The van der Waals surface area contributed by atoms with Gasteiger partial charge in [0.2, 0.25) is 0 Å². The van der Waals surface area contributed by atoms with Gasteiger partial charge in [-0.3, -0.25) is 4.79 Å². The summed E-state index contributed by atoms with van der Waals surface area (Å²) >= 11 is 5.62. The summed E-state index contributed by atoms with van der Waals surface area (Å²) in [6, 6.07) is 11.0. The number of ketones is 1. The highest BCUT2D eigenvalue weighted by atomic mass is 35.5. The molecule has 0 saturated carbocycles. The van der Waals surface area contributed by atoms with Crippen molar-refractivity contribution >= 4 is 28.2 Å². The molecule has 3 nitrogen and oxygen atoms in total. The number of carbonyl (C=O) groups excluding carboxylic acids is 1. The number of Topliss-reactive ketones (excluding diaryl/α,β-unsaturated/α-hetero) is 1. The first-order chi connectivity index (χ1) is 9.13. The molecule has 2 aromatic rings. The first-order valence-electron chi connectivity index (χ1n) is 6.05. The highest BCUT2D eigenvalue weighted by molar-refractivity contribution is 6.32. The molecule has 0 aliphatic carbocycles. The van der Waals surface area contributed by atoms with Crippen molar-refractivity contribution in [3.05, 3.63) is 42.0 Å². The van der Waals surface area contributed by atoms with Crippen LogP contribution < -0.4 is 4.74 Å². The van der Waals surface area contributed by atoms with Crippen LogP contribution in [-0.2, 0) is 0 Å². The second kappa shape index (κ2) is 6.04. The van der Waals surface area contributed by atoms with Crippen LogP contribution in [0.2, 0.25) is 0 Å². The number of hydrogen-bond acceptors (Lipinski definition) is 3. The second-order valence-electron chi connectivity index (χ2n) is 4.37. The van der Waals surface area contributed by atoms with E-state index in [1.807, 2.05) is 24.3 Å². The van der Waals surface area contributed by atoms with Gasteiger partial charge in [-0.15, -0.1) is 11.6 Å². The van der Waals surface area contributed by atoms with Gasteiger partial charge in [0.1, 0.15) is 12.4 Å². The van der Waals surface area contributed by atoms with E-state index in [1.165, 1.54) is 0 Å². The fraction of sp³-hybridized carbons (Fsp3) is 0.267. The molecule has 2 aromatic carbocycles. The molecule has 0 bridgehead atoms. The van der Waals surface area contributed by atoms with E-state index in [0.29, 0.717) is 11.3 Å². The lowest BCUT2D eigenvalue weighted by molar-refractivity contribution is 0.102. The van der Waals surface area contributed by atoms with Crippen molar-refractivity contribution in [3.8, 4) is 5.75 Å². The molecule has 0 radical (unpaired) electrons. The first-order valence-corrected chi connectivity index (χ1v) is 6.58. The number of benzene rings is 2. The molecule has 4 heteroatoms. The largest absolute Gasteiger partial charge is 0.490 e. The number of rotatable bonds is 5. The quantitative estimate of drug-likeness (QED) is 0.675. The molecule has 100 valence electrons. The highest BCUT2D eigenvalue weighted by Crippen LogP contribution is 2.29. The van der Waals surface area contributed by atoms with Crippen LogP contribution in [-0.4, -0.2) is 29.5 Å². The molecule has 0 heterocycles. The fourth-order valence-corrected chi connectivity index (χ4v) is 2.07. The molecule has 0 fully saturated rings. The van der Waals surface area contributed by atoms with Crippen LogP contribution in [0, 0.1) is 0 Å². The SMILES string of the molecule is C[C@H](O)COc1ccc(C(=O)CCl)c2ccccc12. The summed E-state index contributed by atoms with van der Waals surface area (Å²) in [6.07, 6.45) is -0.539. The molecule has 0 amide bonds. The summed E-state index contributed by atoms with van der Waals surface area (Å²) in [5, 5.41) is 10.9. The molecular formula is C15H15ClO3. The van der Waals surface area contributed by atoms with E-state index < -0.39 is 6.10 Å². The number of ether oxygens (including phenoxy) is 1. The van der Waals surface area contributed by atoms with Crippen molar-refractivity contribution in [1.29, 1.82) is 0 Å². The summed E-state index contributed by atoms with van der Waals surface area (Å²) in [6.45, 7) is 1.88. The first kappa shape index (κ1) is 13.8. The molecule has 0 spiro atoms. The summed E-state index contributed by atoms with van der Waals surface area (Å²) < 4.78 is 5.55. The number of alkyl halides is 1. The number of halogens is 1. The van der Waals surface area contributed by atoms with Gasteiger partial charge in [-0.2, -0.15) is 0 Å². The molecule has 0 saturated heterocycles. The number of fused-ring (bicyclic) bond motifs is 1. The van der Waals surface area contributed by atoms with E-state index >= 15 is 0 Å². The molecule has 19 heavy (non-hydrogen) atoms. The van der Waals surface area contributed by atoms with Gasteiger partial charge in [-0.1, -0.05) is 24.3 Å². The Morgan fingerprint density at radius 1 is 1.26 bits per heavy atom. The Morgan fingerprint density at radius 2 is 1.95 bits per heavy atom. The summed E-state index contributed by atoms with van der Waals surface area (Å²) in [5.41, 5.74) is 0.593. The van der Waals surface area contributed by atoms with E-state index in [9.17, 15) is 9.90 Å². The molecule has 2 rings (SSSR count). The van der Waals surface area contributed by atoms with Gasteiger partial charge in [0.05, 0.1) is 12.0 Å². The Bertz CT molecular complexity index is 593. The molecule has 1 N–H and O–H groups in total. The maximum atomic E-state index is 11.8. The summed E-state index contributed by atoms with van der Waals surface area (Å²) in [5.74, 6) is 0.500. The fourth-order valence-electron chi connectivity index (χ4n) is 1.92. The van der Waals surface area contributed by atoms with Crippen molar-refractivity contribution in [2.45, 2.75) is 13.0 Å². The standard InChI is InChI=1S/C15H15ClO3/c1-10(17)9-19-15-7-6-12(14(18)8-16)11-4-2-3-5-13(11)15/h2-7,10,17H,8-9H2,1H3/t10-/m0/s1. The van der Waals surface area contributed by atoms with E-state index in [-0.39, 0.29) is 18.3 Å². The third kappa shape index (κ3) is 3.06. The zero-order chi connectivity index (χ0) is 13.8. The summed E-state index contributed by atoms with van der Waals surface area (Å²) in [4.78, 5) is 11.8. The number of carbonyl (C=O) groups is 1. The maximum Gasteiger partial charge on any atom is 0.178 e. The van der Waals surface area contributed by atoms with E-state index in [4.69, 9.17) is 16.3 Å². The van der Waals surface area contributed by atoms with Crippen molar-refractivity contribution in [1.82, 2.24) is 0 Å². The average molecular weight is 279 g/mol. The van der Waals surface area contributed by atoms with Crippen molar-refractivity contribution in [2.75, 3.05) is 12.5 Å². The number of aliphatic hydroxyl groups excluding tert-OH is 1. The smallest absolute Gasteiger partial charge is 0.178 e. The molecule has 0 aliphatic heterocycles. The lowest BCUT2D eigenvalue weighted by atomic mass is 10.0. The Kier molecular flexibility index (Phi) is 4.40. The molecule has 1 atom stereocenters. The van der Waals surface area contributed by atoms with Crippen LogP contribution >= 0.6 is 11.6 Å². The zero-order valence-electron chi connectivity index (χ0n) is 10.6. The van der Waals surface area contributed by atoms with Gasteiger partial charge in [-0.25, -0.2) is 0 Å². The van der Waals surface area contributed by atoms with Gasteiger partial charge in [0.15, 0.2) is 5.78 Å². The minimum absolute atomic E-state index is 0.0438. The lowest BCUT2D eigenvalue weighted by Crippen LogP contribution is -2.13. The molecular weight excluding hydrogens is 264 g/mol. The van der Waals surface area contributed by atoms with Crippen LogP contribution in [0.15, 0.2) is 36.4 Å². The normalized spacial score (nSPS) is 12.4. The number of hydrogen-bond donors (Lipinski definition) is 1. The monoisotopic (exact) mass is 278 g/mol. The minimum Gasteiger partial charge on any atom is -0.490 e. The van der Waals surface area contributed by atoms with Crippen LogP contribution in [0.3, 0.4) is 0 Å². The molecule has 0 aliphatic rings. The average Bonchev–Trinajstić information content (AvgIpc) is 2.43. The van der Waals surface area contributed by atoms with Crippen LogP contribution in [0.25, 0.3) is 10.8 Å². The van der Waals surface area contributed by atoms with Gasteiger partial charge < -0.3 is 9.84 Å². The Morgan fingerprint density at radius 3 is 2.58 bits per heavy atom. The zero-order valence-corrected chi connectivity index (χ0v) is 11.4. The van der Waals surface area contributed by atoms with Gasteiger partial charge in [-0.05, 0) is 24.4 Å². The predicted octanol–water partition coefficient (Wildman–Crippen LogP) is 3.02. The van der Waals surface area contributed by atoms with Gasteiger partial charge in [0.25, 0.3) is 0 Å². The molecule has 0 unspecified atom stereocenters. The third-order valence-corrected chi connectivity index (χ3v) is 3.03. The van der Waals surface area contributed by atoms with Gasteiger partial charge in [0, 0.05) is 10.9 Å². The maximum absolute atomic E-state index is 11.8.